The van der Waals surface area contributed by atoms with E-state index < -0.39 is 0 Å². The number of hydrogen-bond acceptors (Lipinski definition) is 1. The summed E-state index contributed by atoms with van der Waals surface area (Å²) in [4.78, 5) is 0. The summed E-state index contributed by atoms with van der Waals surface area (Å²) in [5.41, 5.74) is 5.64. The quantitative estimate of drug-likeness (QED) is 0.862. The van der Waals surface area contributed by atoms with E-state index in [1.54, 1.807) is 0 Å². The van der Waals surface area contributed by atoms with Gasteiger partial charge in [0.1, 0.15) is 0 Å². The van der Waals surface area contributed by atoms with Crippen LogP contribution in [0.3, 0.4) is 0 Å². The Morgan fingerprint density at radius 2 is 1.84 bits per heavy atom. The zero-order valence-electron chi connectivity index (χ0n) is 11.7. The van der Waals surface area contributed by atoms with E-state index in [4.69, 9.17) is 0 Å². The Bertz CT molecular complexity index is 559. The average molecular weight is 251 g/mol. The molecule has 2 aromatic rings. The molecule has 2 aromatic carbocycles. The Kier molecular flexibility index (Phi) is 3.39. The average Bonchev–Trinajstić information content (AvgIpc) is 2.76. The Morgan fingerprint density at radius 1 is 1.05 bits per heavy atom. The molecule has 1 heteroatoms. The standard InChI is InChI=1S/C18H21N/c1-3-19-18-13(2)11-16-10-9-15(12-17(16)18)14-7-5-4-6-8-14/h4-10,12-13,18-19H,3,11H2,1-2H3. The van der Waals surface area contributed by atoms with Gasteiger partial charge in [-0.05, 0) is 47.2 Å². The number of nitrogens with one attached hydrogen (secondary N) is 1. The molecule has 1 N–H and O–H groups in total. The third-order valence-corrected chi connectivity index (χ3v) is 4.12. The Hall–Kier alpha value is -1.60. The maximum absolute atomic E-state index is 3.63. The van der Waals surface area contributed by atoms with E-state index in [0.717, 1.165) is 6.54 Å². The van der Waals surface area contributed by atoms with Gasteiger partial charge < -0.3 is 5.32 Å². The van der Waals surface area contributed by atoms with Gasteiger partial charge in [-0.3, -0.25) is 0 Å². The predicted octanol–water partition coefficient (Wildman–Crippen LogP) is 4.20. The van der Waals surface area contributed by atoms with Crippen molar-refractivity contribution in [2.75, 3.05) is 6.54 Å². The topological polar surface area (TPSA) is 12.0 Å². The summed E-state index contributed by atoms with van der Waals surface area (Å²) in [7, 11) is 0. The van der Waals surface area contributed by atoms with Gasteiger partial charge in [-0.15, -0.1) is 0 Å². The van der Waals surface area contributed by atoms with Crippen LogP contribution in [-0.2, 0) is 6.42 Å². The lowest BCUT2D eigenvalue weighted by Gasteiger charge is -2.18. The van der Waals surface area contributed by atoms with Crippen LogP contribution in [0.1, 0.15) is 31.0 Å². The van der Waals surface area contributed by atoms with E-state index in [9.17, 15) is 0 Å². The number of rotatable bonds is 3. The normalized spacial score (nSPS) is 21.4. The van der Waals surface area contributed by atoms with E-state index in [1.165, 1.54) is 28.7 Å². The monoisotopic (exact) mass is 251 g/mol. The van der Waals surface area contributed by atoms with Crippen molar-refractivity contribution in [1.82, 2.24) is 5.32 Å². The smallest absolute Gasteiger partial charge is 0.0352 e. The molecule has 0 aromatic heterocycles. The molecule has 98 valence electrons. The van der Waals surface area contributed by atoms with Gasteiger partial charge in [0.15, 0.2) is 0 Å². The maximum atomic E-state index is 3.63. The van der Waals surface area contributed by atoms with Gasteiger partial charge in [0.25, 0.3) is 0 Å². The van der Waals surface area contributed by atoms with Gasteiger partial charge in [0, 0.05) is 6.04 Å². The number of hydrogen-bond donors (Lipinski definition) is 1. The fraction of sp³-hybridized carbons (Fsp3) is 0.333. The van der Waals surface area contributed by atoms with Gasteiger partial charge in [-0.1, -0.05) is 56.3 Å². The molecule has 2 unspecified atom stereocenters. The van der Waals surface area contributed by atoms with Crippen molar-refractivity contribution in [3.63, 3.8) is 0 Å². The molecule has 0 amide bonds. The van der Waals surface area contributed by atoms with E-state index in [2.05, 4.69) is 67.7 Å². The van der Waals surface area contributed by atoms with Crippen molar-refractivity contribution in [1.29, 1.82) is 0 Å². The second-order valence-electron chi connectivity index (χ2n) is 5.50. The van der Waals surface area contributed by atoms with Gasteiger partial charge in [-0.25, -0.2) is 0 Å². The van der Waals surface area contributed by atoms with Crippen LogP contribution < -0.4 is 5.32 Å². The summed E-state index contributed by atoms with van der Waals surface area (Å²) in [6.07, 6.45) is 1.20. The second kappa shape index (κ2) is 5.18. The molecule has 3 rings (SSSR count). The highest BCUT2D eigenvalue weighted by atomic mass is 14.9. The van der Waals surface area contributed by atoms with Crippen LogP contribution in [0.4, 0.5) is 0 Å². The molecule has 0 fully saturated rings. The van der Waals surface area contributed by atoms with Crippen molar-refractivity contribution in [2.45, 2.75) is 26.3 Å². The minimum Gasteiger partial charge on any atom is -0.310 e. The first-order chi connectivity index (χ1) is 9.29. The largest absolute Gasteiger partial charge is 0.310 e. The molecule has 0 heterocycles. The summed E-state index contributed by atoms with van der Waals surface area (Å²) >= 11 is 0. The van der Waals surface area contributed by atoms with Crippen molar-refractivity contribution in [3.8, 4) is 11.1 Å². The third-order valence-electron chi connectivity index (χ3n) is 4.12. The number of benzene rings is 2. The Balaban J connectivity index is 2.00. The highest BCUT2D eigenvalue weighted by Gasteiger charge is 2.28. The molecule has 0 aliphatic heterocycles. The molecule has 1 aliphatic carbocycles. The van der Waals surface area contributed by atoms with Gasteiger partial charge in [0.2, 0.25) is 0 Å². The SMILES string of the molecule is CCNC1c2cc(-c3ccccc3)ccc2CC1C. The second-order valence-corrected chi connectivity index (χ2v) is 5.50. The summed E-state index contributed by atoms with van der Waals surface area (Å²) in [6, 6.07) is 18.1. The van der Waals surface area contributed by atoms with E-state index in [1.807, 2.05) is 0 Å². The summed E-state index contributed by atoms with van der Waals surface area (Å²) < 4.78 is 0. The van der Waals surface area contributed by atoms with Crippen LogP contribution in [0, 0.1) is 5.92 Å². The lowest BCUT2D eigenvalue weighted by molar-refractivity contribution is 0.426. The molecular weight excluding hydrogens is 230 g/mol. The van der Waals surface area contributed by atoms with Crippen LogP contribution in [-0.4, -0.2) is 6.54 Å². The molecular formula is C18H21N. The van der Waals surface area contributed by atoms with Crippen LogP contribution in [0.5, 0.6) is 0 Å². The van der Waals surface area contributed by atoms with Crippen LogP contribution in [0.25, 0.3) is 11.1 Å². The minimum absolute atomic E-state index is 0.517. The molecule has 0 spiro atoms. The molecule has 0 bridgehead atoms. The minimum atomic E-state index is 0.517. The highest BCUT2D eigenvalue weighted by molar-refractivity contribution is 5.65. The summed E-state index contributed by atoms with van der Waals surface area (Å²) in [5.74, 6) is 0.695. The van der Waals surface area contributed by atoms with Crippen molar-refractivity contribution in [2.24, 2.45) is 5.92 Å². The molecule has 0 saturated carbocycles. The molecule has 0 saturated heterocycles. The van der Waals surface area contributed by atoms with Crippen LogP contribution in [0.15, 0.2) is 48.5 Å². The lowest BCUT2D eigenvalue weighted by Crippen LogP contribution is -2.23. The highest BCUT2D eigenvalue weighted by Crippen LogP contribution is 2.38. The molecule has 1 aliphatic rings. The Labute approximate surface area is 115 Å². The maximum Gasteiger partial charge on any atom is 0.0352 e. The fourth-order valence-corrected chi connectivity index (χ4v) is 3.18. The van der Waals surface area contributed by atoms with Gasteiger partial charge >= 0.3 is 0 Å². The zero-order valence-corrected chi connectivity index (χ0v) is 11.7. The first kappa shape index (κ1) is 12.4. The fourth-order valence-electron chi connectivity index (χ4n) is 3.18. The van der Waals surface area contributed by atoms with Crippen LogP contribution in [0.2, 0.25) is 0 Å². The first-order valence-corrected chi connectivity index (χ1v) is 7.21. The zero-order chi connectivity index (χ0) is 13.2. The van der Waals surface area contributed by atoms with Crippen molar-refractivity contribution < 1.29 is 0 Å². The molecule has 0 radical (unpaired) electrons. The predicted molar refractivity (Wildman–Crippen MR) is 81.2 cm³/mol. The first-order valence-electron chi connectivity index (χ1n) is 7.21. The molecule has 2 atom stereocenters. The van der Waals surface area contributed by atoms with Crippen molar-refractivity contribution >= 4 is 0 Å². The Morgan fingerprint density at radius 3 is 2.58 bits per heavy atom. The van der Waals surface area contributed by atoms with Gasteiger partial charge in [0.05, 0.1) is 0 Å². The summed E-state index contributed by atoms with van der Waals surface area (Å²) in [6.45, 7) is 5.56. The third kappa shape index (κ3) is 2.31. The summed E-state index contributed by atoms with van der Waals surface area (Å²) in [5, 5.41) is 3.63. The van der Waals surface area contributed by atoms with Gasteiger partial charge in [-0.2, -0.15) is 0 Å². The number of fused-ring (bicyclic) bond motifs is 1. The lowest BCUT2D eigenvalue weighted by atomic mass is 9.98. The molecule has 19 heavy (non-hydrogen) atoms. The van der Waals surface area contributed by atoms with E-state index >= 15 is 0 Å². The van der Waals surface area contributed by atoms with E-state index in [0.29, 0.717) is 12.0 Å². The van der Waals surface area contributed by atoms with Crippen LogP contribution >= 0.6 is 0 Å². The van der Waals surface area contributed by atoms with E-state index in [-0.39, 0.29) is 0 Å². The molecule has 1 nitrogen and oxygen atoms in total. The van der Waals surface area contributed by atoms with Crippen molar-refractivity contribution in [3.05, 3.63) is 59.7 Å².